The number of sulfonamides is 1. The lowest BCUT2D eigenvalue weighted by Crippen LogP contribution is -3.00. The van der Waals surface area contributed by atoms with Crippen molar-refractivity contribution >= 4 is 10.0 Å². The number of methoxy groups -OCH3 is 1. The number of halogens is 1. The molecule has 44 heavy (non-hydrogen) atoms. The molecule has 0 radical (unpaired) electrons. The Hall–Kier alpha value is -2.17. The zero-order valence-electron chi connectivity index (χ0n) is 27.3. The van der Waals surface area contributed by atoms with Crippen molar-refractivity contribution in [3.8, 4) is 11.5 Å². The Morgan fingerprint density at radius 3 is 1.93 bits per heavy atom. The smallest absolute Gasteiger partial charge is 0.243 e. The second-order valence-electron chi connectivity index (χ2n) is 11.7. The molecule has 2 aromatic carbocycles. The van der Waals surface area contributed by atoms with E-state index in [0.717, 1.165) is 23.1 Å². The number of pyridine rings is 1. The SMILES string of the molecule is CCCCCCCCCCCCCCOc1ccc(CN(Cc2ccc[n+](C)c2)S(=O)(=O)c2ccc(C)cc2)cc1OC.[I-]. The van der Waals surface area contributed by atoms with Crippen LogP contribution in [-0.4, -0.2) is 26.4 Å². The number of ether oxygens (including phenoxy) is 2. The van der Waals surface area contributed by atoms with Gasteiger partial charge in [-0.2, -0.15) is 4.31 Å². The summed E-state index contributed by atoms with van der Waals surface area (Å²) in [6.07, 6.45) is 19.6. The van der Waals surface area contributed by atoms with Crippen molar-refractivity contribution < 1.29 is 46.4 Å². The average Bonchev–Trinajstić information content (AvgIpc) is 3.00. The standard InChI is InChI=1S/C36H53N2O4S.HI/c1-5-6-7-8-9-10-11-12-13-14-15-16-26-42-35-24-21-32(27-36(35)41-4)29-38(30-33-18-17-25-37(3)28-33)43(39,40)34-22-19-31(2)20-23-34;/h17-25,27-28H,5-16,26,29-30H2,1-4H3;1H/q+1;/p-1. The van der Waals surface area contributed by atoms with Crippen LogP contribution in [0.2, 0.25) is 0 Å². The largest absolute Gasteiger partial charge is 1.00 e. The molecular weight excluding hydrogens is 683 g/mol. The number of hydrogen-bond acceptors (Lipinski definition) is 4. The third kappa shape index (κ3) is 13.1. The minimum absolute atomic E-state index is 0. The maximum atomic E-state index is 13.8. The zero-order valence-corrected chi connectivity index (χ0v) is 30.2. The van der Waals surface area contributed by atoms with E-state index >= 15 is 0 Å². The Kier molecular flexibility index (Phi) is 18.0. The van der Waals surface area contributed by atoms with Gasteiger partial charge in [0, 0.05) is 24.7 Å². The Bertz CT molecular complexity index is 1330. The molecule has 0 fully saturated rings. The van der Waals surface area contributed by atoms with Gasteiger partial charge in [-0.25, -0.2) is 13.0 Å². The molecule has 244 valence electrons. The minimum atomic E-state index is -3.74. The van der Waals surface area contributed by atoms with Gasteiger partial charge in [0.2, 0.25) is 10.0 Å². The summed E-state index contributed by atoms with van der Waals surface area (Å²) in [5.74, 6) is 1.31. The van der Waals surface area contributed by atoms with E-state index in [9.17, 15) is 8.42 Å². The molecule has 0 aliphatic carbocycles. The molecule has 0 amide bonds. The van der Waals surface area contributed by atoms with Gasteiger partial charge in [-0.3, -0.25) is 0 Å². The van der Waals surface area contributed by atoms with Crippen LogP contribution in [-0.2, 0) is 30.2 Å². The fourth-order valence-electron chi connectivity index (χ4n) is 5.29. The van der Waals surface area contributed by atoms with Crippen LogP contribution >= 0.6 is 0 Å². The maximum Gasteiger partial charge on any atom is 0.243 e. The first-order chi connectivity index (χ1) is 20.8. The van der Waals surface area contributed by atoms with Gasteiger partial charge in [0.15, 0.2) is 23.9 Å². The Morgan fingerprint density at radius 1 is 0.750 bits per heavy atom. The highest BCUT2D eigenvalue weighted by atomic mass is 127. The van der Waals surface area contributed by atoms with Gasteiger partial charge in [-0.1, -0.05) is 101 Å². The van der Waals surface area contributed by atoms with Crippen LogP contribution in [0.3, 0.4) is 0 Å². The van der Waals surface area contributed by atoms with Crippen molar-refractivity contribution in [2.75, 3.05) is 13.7 Å². The van der Waals surface area contributed by atoms with Crippen LogP contribution in [0.4, 0.5) is 0 Å². The first-order valence-electron chi connectivity index (χ1n) is 16.1. The molecule has 0 saturated carbocycles. The van der Waals surface area contributed by atoms with E-state index in [2.05, 4.69) is 6.92 Å². The number of hydrogen-bond donors (Lipinski definition) is 0. The van der Waals surface area contributed by atoms with E-state index in [4.69, 9.17) is 9.47 Å². The summed E-state index contributed by atoms with van der Waals surface area (Å²) in [6.45, 7) is 5.33. The predicted octanol–water partition coefficient (Wildman–Crippen LogP) is 5.30. The topological polar surface area (TPSA) is 59.7 Å². The molecule has 6 nitrogen and oxygen atoms in total. The van der Waals surface area contributed by atoms with Gasteiger partial charge < -0.3 is 33.5 Å². The molecule has 1 aromatic heterocycles. The summed E-state index contributed by atoms with van der Waals surface area (Å²) in [5, 5.41) is 0. The third-order valence-corrected chi connectivity index (χ3v) is 9.67. The fourth-order valence-corrected chi connectivity index (χ4v) is 6.71. The first kappa shape index (κ1) is 38.0. The van der Waals surface area contributed by atoms with Crippen LogP contribution in [0, 0.1) is 6.92 Å². The van der Waals surface area contributed by atoms with Gasteiger partial charge in [0.05, 0.1) is 18.6 Å². The number of rotatable bonds is 21. The lowest BCUT2D eigenvalue weighted by molar-refractivity contribution is -0.672. The van der Waals surface area contributed by atoms with Crippen LogP contribution in [0.5, 0.6) is 11.5 Å². The molecule has 0 unspecified atom stereocenters. The van der Waals surface area contributed by atoms with Gasteiger partial charge in [-0.15, -0.1) is 0 Å². The average molecular weight is 737 g/mol. The van der Waals surface area contributed by atoms with E-state index in [-0.39, 0.29) is 42.0 Å². The van der Waals surface area contributed by atoms with Crippen LogP contribution in [0.15, 0.2) is 71.9 Å². The van der Waals surface area contributed by atoms with Gasteiger partial charge >= 0.3 is 0 Å². The highest BCUT2D eigenvalue weighted by Crippen LogP contribution is 2.30. The number of aromatic nitrogens is 1. The molecule has 3 rings (SSSR count). The van der Waals surface area contributed by atoms with Gasteiger partial charge in [0.25, 0.3) is 0 Å². The van der Waals surface area contributed by atoms with Crippen molar-refractivity contribution in [2.45, 2.75) is 109 Å². The van der Waals surface area contributed by atoms with Crippen molar-refractivity contribution in [3.63, 3.8) is 0 Å². The lowest BCUT2D eigenvalue weighted by atomic mass is 10.1. The summed E-state index contributed by atoms with van der Waals surface area (Å²) in [6, 6.07) is 16.6. The lowest BCUT2D eigenvalue weighted by Gasteiger charge is -2.23. The van der Waals surface area contributed by atoms with E-state index in [1.165, 1.54) is 74.9 Å². The minimum Gasteiger partial charge on any atom is -1.00 e. The monoisotopic (exact) mass is 736 g/mol. The normalized spacial score (nSPS) is 11.4. The van der Waals surface area contributed by atoms with E-state index in [1.807, 2.05) is 73.4 Å². The summed E-state index contributed by atoms with van der Waals surface area (Å²) in [4.78, 5) is 0.285. The van der Waals surface area contributed by atoms with Crippen molar-refractivity contribution in [1.29, 1.82) is 0 Å². The van der Waals surface area contributed by atoms with Crippen LogP contribution in [0.25, 0.3) is 0 Å². The quantitative estimate of drug-likeness (QED) is 0.0847. The number of aryl methyl sites for hydroxylation is 2. The Balaban J connectivity index is 0.00000675. The maximum absolute atomic E-state index is 13.8. The zero-order chi connectivity index (χ0) is 30.9. The van der Waals surface area contributed by atoms with E-state index < -0.39 is 10.0 Å². The van der Waals surface area contributed by atoms with E-state index in [0.29, 0.717) is 18.1 Å². The molecule has 0 bridgehead atoms. The molecule has 0 aliphatic rings. The number of unbranched alkanes of at least 4 members (excludes halogenated alkanes) is 11. The van der Waals surface area contributed by atoms with Crippen molar-refractivity contribution in [3.05, 3.63) is 83.7 Å². The third-order valence-electron chi connectivity index (χ3n) is 7.86. The summed E-state index contributed by atoms with van der Waals surface area (Å²) in [5.41, 5.74) is 2.77. The molecule has 0 aliphatic heterocycles. The molecule has 8 heteroatoms. The number of benzene rings is 2. The first-order valence-corrected chi connectivity index (χ1v) is 17.6. The van der Waals surface area contributed by atoms with Crippen molar-refractivity contribution in [1.82, 2.24) is 4.31 Å². The highest BCUT2D eigenvalue weighted by molar-refractivity contribution is 7.89. The highest BCUT2D eigenvalue weighted by Gasteiger charge is 2.26. The summed E-state index contributed by atoms with van der Waals surface area (Å²) in [7, 11) is -0.181. The Labute approximate surface area is 284 Å². The second-order valence-corrected chi connectivity index (χ2v) is 13.6. The van der Waals surface area contributed by atoms with Crippen LogP contribution in [0.1, 0.15) is 101 Å². The number of nitrogens with zero attached hydrogens (tertiary/aromatic N) is 2. The fraction of sp³-hybridized carbons (Fsp3) is 0.528. The van der Waals surface area contributed by atoms with Gasteiger partial charge in [-0.05, 0) is 49.2 Å². The Morgan fingerprint density at radius 2 is 1.34 bits per heavy atom. The second kappa shape index (κ2) is 20.8. The summed E-state index contributed by atoms with van der Waals surface area (Å²) >= 11 is 0. The molecule has 3 aromatic rings. The molecular formula is C36H53IN2O4S. The molecule has 0 N–H and O–H groups in total. The van der Waals surface area contributed by atoms with Crippen LogP contribution < -0.4 is 38.0 Å². The van der Waals surface area contributed by atoms with Gasteiger partial charge in [0.1, 0.15) is 7.05 Å². The molecule has 0 saturated heterocycles. The molecule has 1 heterocycles. The molecule has 0 atom stereocenters. The summed E-state index contributed by atoms with van der Waals surface area (Å²) < 4.78 is 42.7. The molecule has 0 spiro atoms. The van der Waals surface area contributed by atoms with E-state index in [1.54, 1.807) is 19.2 Å². The predicted molar refractivity (Wildman–Crippen MR) is 175 cm³/mol. The van der Waals surface area contributed by atoms with Crippen molar-refractivity contribution in [2.24, 2.45) is 7.05 Å².